The van der Waals surface area contributed by atoms with Gasteiger partial charge in [-0.3, -0.25) is 0 Å². The molecule has 0 spiro atoms. The SMILES string of the molecule is Cc1ccccc1NC(=O)NC(C)(C(=O)O)C(F)(F)F. The monoisotopic (exact) mass is 290 g/mol. The fourth-order valence-electron chi connectivity index (χ4n) is 1.34. The number of anilines is 1. The highest BCUT2D eigenvalue weighted by atomic mass is 19.4. The summed E-state index contributed by atoms with van der Waals surface area (Å²) in [7, 11) is 0. The van der Waals surface area contributed by atoms with Crippen molar-refractivity contribution in [3.05, 3.63) is 29.8 Å². The minimum Gasteiger partial charge on any atom is -0.479 e. The van der Waals surface area contributed by atoms with Crippen LogP contribution in [-0.2, 0) is 4.79 Å². The van der Waals surface area contributed by atoms with Crippen molar-refractivity contribution in [2.45, 2.75) is 25.6 Å². The number of benzene rings is 1. The van der Waals surface area contributed by atoms with E-state index in [0.29, 0.717) is 18.2 Å². The highest BCUT2D eigenvalue weighted by Gasteiger charge is 2.58. The summed E-state index contributed by atoms with van der Waals surface area (Å²) in [5.41, 5.74) is -2.44. The van der Waals surface area contributed by atoms with E-state index >= 15 is 0 Å². The van der Waals surface area contributed by atoms with E-state index in [1.54, 1.807) is 25.1 Å². The molecule has 0 saturated heterocycles. The zero-order valence-corrected chi connectivity index (χ0v) is 10.7. The first kappa shape index (κ1) is 15.8. The van der Waals surface area contributed by atoms with Gasteiger partial charge in [-0.1, -0.05) is 18.2 Å². The van der Waals surface area contributed by atoms with Crippen LogP contribution in [0.1, 0.15) is 12.5 Å². The summed E-state index contributed by atoms with van der Waals surface area (Å²) in [6.07, 6.45) is -5.12. The molecule has 5 nitrogen and oxygen atoms in total. The van der Waals surface area contributed by atoms with Gasteiger partial charge in [-0.25, -0.2) is 9.59 Å². The molecule has 2 amide bonds. The van der Waals surface area contributed by atoms with Gasteiger partial charge in [0.25, 0.3) is 0 Å². The molecule has 1 rings (SSSR count). The molecular formula is C12H13F3N2O3. The molecular weight excluding hydrogens is 277 g/mol. The Morgan fingerprint density at radius 2 is 1.75 bits per heavy atom. The van der Waals surface area contributed by atoms with Gasteiger partial charge in [0.15, 0.2) is 0 Å². The van der Waals surface area contributed by atoms with Crippen molar-refractivity contribution in [3.63, 3.8) is 0 Å². The first-order chi connectivity index (χ1) is 9.08. The van der Waals surface area contributed by atoms with Crippen LogP contribution in [-0.4, -0.2) is 28.8 Å². The maximum atomic E-state index is 12.7. The van der Waals surface area contributed by atoms with Crippen molar-refractivity contribution >= 4 is 17.7 Å². The van der Waals surface area contributed by atoms with E-state index in [-0.39, 0.29) is 0 Å². The van der Waals surface area contributed by atoms with E-state index in [4.69, 9.17) is 5.11 Å². The summed E-state index contributed by atoms with van der Waals surface area (Å²) < 4.78 is 38.1. The number of alkyl halides is 3. The van der Waals surface area contributed by atoms with Crippen molar-refractivity contribution in [2.75, 3.05) is 5.32 Å². The molecule has 0 radical (unpaired) electrons. The third kappa shape index (κ3) is 3.19. The fourth-order valence-corrected chi connectivity index (χ4v) is 1.34. The topological polar surface area (TPSA) is 78.4 Å². The van der Waals surface area contributed by atoms with Crippen LogP contribution in [0.25, 0.3) is 0 Å². The van der Waals surface area contributed by atoms with Crippen molar-refractivity contribution in [1.29, 1.82) is 0 Å². The summed E-state index contributed by atoms with van der Waals surface area (Å²) in [6, 6.07) is 5.16. The Bertz CT molecular complexity index is 531. The van der Waals surface area contributed by atoms with E-state index < -0.39 is 23.7 Å². The van der Waals surface area contributed by atoms with Crippen LogP contribution in [0.4, 0.5) is 23.7 Å². The molecule has 0 aliphatic heterocycles. The summed E-state index contributed by atoms with van der Waals surface area (Å²) in [5.74, 6) is -2.19. The van der Waals surface area contributed by atoms with Gasteiger partial charge in [0.2, 0.25) is 5.54 Å². The number of hydrogen-bond acceptors (Lipinski definition) is 2. The number of urea groups is 1. The lowest BCUT2D eigenvalue weighted by Gasteiger charge is -2.28. The molecule has 0 fully saturated rings. The number of hydrogen-bond donors (Lipinski definition) is 3. The molecule has 0 aromatic heterocycles. The van der Waals surface area contributed by atoms with Crippen LogP contribution >= 0.6 is 0 Å². The summed E-state index contributed by atoms with van der Waals surface area (Å²) in [6.45, 7) is 2.03. The van der Waals surface area contributed by atoms with Crippen LogP contribution < -0.4 is 10.6 Å². The van der Waals surface area contributed by atoms with Crippen LogP contribution in [0.5, 0.6) is 0 Å². The van der Waals surface area contributed by atoms with Gasteiger partial charge in [0, 0.05) is 5.69 Å². The predicted octanol–water partition coefficient (Wildman–Crippen LogP) is 2.52. The number of nitrogens with one attached hydrogen (secondary N) is 2. The van der Waals surface area contributed by atoms with Crippen molar-refractivity contribution < 1.29 is 27.9 Å². The number of para-hydroxylation sites is 1. The molecule has 0 aliphatic rings. The van der Waals surface area contributed by atoms with Gasteiger partial charge in [-0.05, 0) is 25.5 Å². The zero-order chi connectivity index (χ0) is 15.6. The van der Waals surface area contributed by atoms with Crippen LogP contribution in [0.15, 0.2) is 24.3 Å². The van der Waals surface area contributed by atoms with Crippen molar-refractivity contribution in [2.24, 2.45) is 0 Å². The number of aliphatic carboxylic acids is 1. The van der Waals surface area contributed by atoms with Gasteiger partial charge >= 0.3 is 18.2 Å². The number of carboxylic acids is 1. The molecule has 0 aliphatic carbocycles. The Kier molecular flexibility index (Phi) is 4.26. The van der Waals surface area contributed by atoms with E-state index in [1.165, 1.54) is 11.4 Å². The minimum absolute atomic E-state index is 0.292. The normalized spacial score (nSPS) is 14.2. The van der Waals surface area contributed by atoms with E-state index in [1.807, 2.05) is 0 Å². The molecule has 3 N–H and O–H groups in total. The van der Waals surface area contributed by atoms with Crippen molar-refractivity contribution in [1.82, 2.24) is 5.32 Å². The second-order valence-electron chi connectivity index (χ2n) is 4.32. The maximum Gasteiger partial charge on any atom is 0.422 e. The lowest BCUT2D eigenvalue weighted by Crippen LogP contribution is -2.62. The number of carbonyl (C=O) groups excluding carboxylic acids is 1. The summed E-state index contributed by atoms with van der Waals surface area (Å²) in [4.78, 5) is 22.3. The quantitative estimate of drug-likeness (QED) is 0.800. The Labute approximate surface area is 112 Å². The molecule has 1 aromatic carbocycles. The lowest BCUT2D eigenvalue weighted by atomic mass is 10.0. The van der Waals surface area contributed by atoms with Gasteiger partial charge in [0.1, 0.15) is 0 Å². The number of amides is 2. The second-order valence-corrected chi connectivity index (χ2v) is 4.32. The molecule has 20 heavy (non-hydrogen) atoms. The Morgan fingerprint density at radius 1 is 1.20 bits per heavy atom. The number of halogens is 3. The van der Waals surface area contributed by atoms with Gasteiger partial charge in [-0.2, -0.15) is 13.2 Å². The van der Waals surface area contributed by atoms with Crippen LogP contribution in [0, 0.1) is 6.92 Å². The molecule has 0 bridgehead atoms. The summed E-state index contributed by atoms with van der Waals surface area (Å²) >= 11 is 0. The van der Waals surface area contributed by atoms with Gasteiger partial charge in [-0.15, -0.1) is 0 Å². The smallest absolute Gasteiger partial charge is 0.422 e. The maximum absolute atomic E-state index is 12.7. The summed E-state index contributed by atoms with van der Waals surface area (Å²) in [5, 5.41) is 12.3. The number of rotatable bonds is 3. The van der Waals surface area contributed by atoms with Crippen molar-refractivity contribution in [3.8, 4) is 0 Å². The lowest BCUT2D eigenvalue weighted by molar-refractivity contribution is -0.203. The predicted molar refractivity (Wildman–Crippen MR) is 65.4 cm³/mol. The fraction of sp³-hybridized carbons (Fsp3) is 0.333. The molecule has 1 unspecified atom stereocenters. The largest absolute Gasteiger partial charge is 0.479 e. The Hall–Kier alpha value is -2.25. The molecule has 0 heterocycles. The first-order valence-electron chi connectivity index (χ1n) is 5.53. The van der Waals surface area contributed by atoms with Gasteiger partial charge in [0.05, 0.1) is 0 Å². The molecule has 0 saturated carbocycles. The average molecular weight is 290 g/mol. The van der Waals surface area contributed by atoms with E-state index in [9.17, 15) is 22.8 Å². The van der Waals surface area contributed by atoms with Crippen LogP contribution in [0.2, 0.25) is 0 Å². The van der Waals surface area contributed by atoms with E-state index in [2.05, 4.69) is 5.32 Å². The minimum atomic E-state index is -5.12. The number of carboxylic acid groups (broad SMARTS) is 1. The van der Waals surface area contributed by atoms with Crippen LogP contribution in [0.3, 0.4) is 0 Å². The molecule has 110 valence electrons. The third-order valence-corrected chi connectivity index (χ3v) is 2.75. The Morgan fingerprint density at radius 3 is 2.20 bits per heavy atom. The van der Waals surface area contributed by atoms with E-state index in [0.717, 1.165) is 0 Å². The average Bonchev–Trinajstić information content (AvgIpc) is 2.30. The highest BCUT2D eigenvalue weighted by Crippen LogP contribution is 2.30. The standard InChI is InChI=1S/C12H13F3N2O3/c1-7-5-3-4-6-8(7)16-10(20)17-11(2,9(18)19)12(13,14)15/h3-6H,1-2H3,(H,18,19)(H2,16,17,20). The first-order valence-corrected chi connectivity index (χ1v) is 5.53. The molecule has 1 aromatic rings. The third-order valence-electron chi connectivity index (χ3n) is 2.75. The highest BCUT2D eigenvalue weighted by molar-refractivity contribution is 5.94. The number of carbonyl (C=O) groups is 2. The number of aryl methyl sites for hydroxylation is 1. The second kappa shape index (κ2) is 5.40. The molecule has 1 atom stereocenters. The van der Waals surface area contributed by atoms with Gasteiger partial charge < -0.3 is 15.7 Å². The molecule has 8 heteroatoms. The Balaban J connectivity index is 2.89. The zero-order valence-electron chi connectivity index (χ0n) is 10.7.